The molecule has 0 unspecified atom stereocenters. The van der Waals surface area contributed by atoms with Gasteiger partial charge in [-0.2, -0.15) is 0 Å². The number of hydrogen-bond donors (Lipinski definition) is 1. The van der Waals surface area contributed by atoms with E-state index in [1.165, 1.54) is 12.3 Å². The Morgan fingerprint density at radius 3 is 2.68 bits per heavy atom. The minimum atomic E-state index is -0.690. The first kappa shape index (κ1) is 16.0. The molecule has 114 valence electrons. The molecule has 1 heterocycles. The van der Waals surface area contributed by atoms with Gasteiger partial charge in [-0.25, -0.2) is 9.78 Å². The lowest BCUT2D eigenvalue weighted by Gasteiger charge is -2.14. The zero-order valence-electron chi connectivity index (χ0n) is 12.0. The molecule has 1 aromatic carbocycles. The van der Waals surface area contributed by atoms with E-state index in [9.17, 15) is 9.59 Å². The molecule has 0 spiro atoms. The number of nitrogens with zero attached hydrogens (tertiary/aromatic N) is 1. The van der Waals surface area contributed by atoms with Gasteiger partial charge in [0.15, 0.2) is 6.61 Å². The molecule has 5 nitrogen and oxygen atoms in total. The number of pyridine rings is 1. The van der Waals surface area contributed by atoms with Gasteiger partial charge in [0.25, 0.3) is 5.91 Å². The fourth-order valence-electron chi connectivity index (χ4n) is 1.83. The number of carbonyl (C=O) groups is 2. The van der Waals surface area contributed by atoms with Gasteiger partial charge in [0, 0.05) is 11.2 Å². The highest BCUT2D eigenvalue weighted by molar-refractivity contribution is 6.30. The van der Waals surface area contributed by atoms with Crippen molar-refractivity contribution < 1.29 is 14.3 Å². The van der Waals surface area contributed by atoms with Gasteiger partial charge in [-0.15, -0.1) is 0 Å². The second-order valence-electron chi connectivity index (χ2n) is 4.64. The number of rotatable bonds is 5. The summed E-state index contributed by atoms with van der Waals surface area (Å²) in [6.45, 7) is 1.48. The second-order valence-corrected chi connectivity index (χ2v) is 5.07. The predicted molar refractivity (Wildman–Crippen MR) is 82.5 cm³/mol. The summed E-state index contributed by atoms with van der Waals surface area (Å²) in [6, 6.07) is 12.3. The van der Waals surface area contributed by atoms with Crippen LogP contribution < -0.4 is 5.32 Å². The topological polar surface area (TPSA) is 68.3 Å². The third-order valence-corrected chi connectivity index (χ3v) is 3.18. The number of ether oxygens (including phenoxy) is 1. The van der Waals surface area contributed by atoms with E-state index in [2.05, 4.69) is 10.3 Å². The zero-order valence-corrected chi connectivity index (χ0v) is 12.7. The maximum atomic E-state index is 11.8. The van der Waals surface area contributed by atoms with Crippen LogP contribution in [0, 0.1) is 0 Å². The monoisotopic (exact) mass is 318 g/mol. The van der Waals surface area contributed by atoms with Gasteiger partial charge in [0.05, 0.1) is 6.04 Å². The first-order chi connectivity index (χ1) is 10.6. The van der Waals surface area contributed by atoms with Crippen LogP contribution in [0.15, 0.2) is 48.7 Å². The Hall–Kier alpha value is -2.40. The number of carbonyl (C=O) groups excluding carboxylic acids is 2. The Kier molecular flexibility index (Phi) is 5.49. The minimum absolute atomic E-state index is 0.0661. The summed E-state index contributed by atoms with van der Waals surface area (Å²) in [5.41, 5.74) is 1.04. The Morgan fingerprint density at radius 2 is 2.00 bits per heavy atom. The Morgan fingerprint density at radius 1 is 1.27 bits per heavy atom. The van der Waals surface area contributed by atoms with E-state index in [4.69, 9.17) is 16.3 Å². The number of nitrogens with one attached hydrogen (secondary N) is 1. The number of hydrogen-bond acceptors (Lipinski definition) is 4. The summed E-state index contributed by atoms with van der Waals surface area (Å²) in [6.07, 6.45) is 1.40. The van der Waals surface area contributed by atoms with Crippen LogP contribution in [-0.2, 0) is 9.53 Å². The molecule has 0 aliphatic rings. The molecule has 2 rings (SSSR count). The fourth-order valence-corrected chi connectivity index (χ4v) is 1.99. The molecule has 0 saturated carbocycles. The molecule has 0 aliphatic heterocycles. The van der Waals surface area contributed by atoms with Crippen molar-refractivity contribution in [2.24, 2.45) is 0 Å². The number of benzene rings is 1. The van der Waals surface area contributed by atoms with Crippen molar-refractivity contribution in [2.45, 2.75) is 13.0 Å². The van der Waals surface area contributed by atoms with Gasteiger partial charge in [-0.3, -0.25) is 4.79 Å². The standard InChI is InChI=1S/C16H15ClN2O3/c1-11(12-5-3-2-4-6-12)19-15(20)10-22-16(21)14-9-13(17)7-8-18-14/h2-9,11H,10H2,1H3,(H,19,20)/t11-/m0/s1. The number of aromatic nitrogens is 1. The third-order valence-electron chi connectivity index (χ3n) is 2.94. The van der Waals surface area contributed by atoms with Crippen LogP contribution in [0.25, 0.3) is 0 Å². The smallest absolute Gasteiger partial charge is 0.357 e. The number of esters is 1. The van der Waals surface area contributed by atoms with Gasteiger partial charge in [0.1, 0.15) is 5.69 Å². The molecular formula is C16H15ClN2O3. The average molecular weight is 319 g/mol. The summed E-state index contributed by atoms with van der Waals surface area (Å²) >= 11 is 5.76. The van der Waals surface area contributed by atoms with E-state index in [1.54, 1.807) is 6.07 Å². The minimum Gasteiger partial charge on any atom is -0.451 e. The fraction of sp³-hybridized carbons (Fsp3) is 0.188. The van der Waals surface area contributed by atoms with E-state index in [1.807, 2.05) is 37.3 Å². The molecule has 0 radical (unpaired) electrons. The molecule has 1 N–H and O–H groups in total. The average Bonchev–Trinajstić information content (AvgIpc) is 2.53. The quantitative estimate of drug-likeness (QED) is 0.861. The molecule has 22 heavy (non-hydrogen) atoms. The molecule has 1 amide bonds. The first-order valence-electron chi connectivity index (χ1n) is 6.69. The van der Waals surface area contributed by atoms with Crippen LogP contribution >= 0.6 is 11.6 Å². The van der Waals surface area contributed by atoms with Gasteiger partial charge < -0.3 is 10.1 Å². The van der Waals surface area contributed by atoms with Crippen LogP contribution in [0.4, 0.5) is 0 Å². The highest BCUT2D eigenvalue weighted by atomic mass is 35.5. The molecule has 0 bridgehead atoms. The van der Waals surface area contributed by atoms with Crippen molar-refractivity contribution >= 4 is 23.5 Å². The largest absolute Gasteiger partial charge is 0.451 e. The Balaban J connectivity index is 1.84. The second kappa shape index (κ2) is 7.56. The van der Waals surface area contributed by atoms with E-state index in [0.29, 0.717) is 5.02 Å². The number of amides is 1. The van der Waals surface area contributed by atoms with Crippen molar-refractivity contribution in [1.82, 2.24) is 10.3 Å². The van der Waals surface area contributed by atoms with Gasteiger partial charge >= 0.3 is 5.97 Å². The van der Waals surface area contributed by atoms with Crippen LogP contribution in [-0.4, -0.2) is 23.5 Å². The summed E-state index contributed by atoms with van der Waals surface area (Å²) in [5, 5.41) is 3.13. The van der Waals surface area contributed by atoms with Crippen molar-refractivity contribution in [3.05, 3.63) is 64.9 Å². The molecule has 0 saturated heterocycles. The molecule has 6 heteroatoms. The molecule has 1 aromatic heterocycles. The molecular weight excluding hydrogens is 304 g/mol. The molecule has 2 aromatic rings. The van der Waals surface area contributed by atoms with Crippen LogP contribution in [0.3, 0.4) is 0 Å². The normalized spacial score (nSPS) is 11.5. The van der Waals surface area contributed by atoms with Crippen molar-refractivity contribution in [2.75, 3.05) is 6.61 Å². The van der Waals surface area contributed by atoms with E-state index in [0.717, 1.165) is 5.56 Å². The maximum Gasteiger partial charge on any atom is 0.357 e. The lowest BCUT2D eigenvalue weighted by Crippen LogP contribution is -2.31. The lowest BCUT2D eigenvalue weighted by atomic mass is 10.1. The Labute approximate surface area is 133 Å². The van der Waals surface area contributed by atoms with Gasteiger partial charge in [-0.05, 0) is 24.6 Å². The SMILES string of the molecule is C[C@H](NC(=O)COC(=O)c1cc(Cl)ccn1)c1ccccc1. The summed E-state index contributed by atoms with van der Waals surface area (Å²) in [7, 11) is 0. The van der Waals surface area contributed by atoms with Gasteiger partial charge in [0.2, 0.25) is 0 Å². The zero-order chi connectivity index (χ0) is 15.9. The van der Waals surface area contributed by atoms with Crippen molar-refractivity contribution in [3.63, 3.8) is 0 Å². The highest BCUT2D eigenvalue weighted by Gasteiger charge is 2.14. The van der Waals surface area contributed by atoms with Crippen LogP contribution in [0.2, 0.25) is 5.02 Å². The molecule has 0 fully saturated rings. The summed E-state index contributed by atoms with van der Waals surface area (Å²) in [5.74, 6) is -1.07. The predicted octanol–water partition coefficient (Wildman–Crippen LogP) is 2.77. The summed E-state index contributed by atoms with van der Waals surface area (Å²) < 4.78 is 4.91. The third kappa shape index (κ3) is 4.56. The van der Waals surface area contributed by atoms with E-state index < -0.39 is 5.97 Å². The molecule has 1 atom stereocenters. The lowest BCUT2D eigenvalue weighted by molar-refractivity contribution is -0.124. The van der Waals surface area contributed by atoms with Gasteiger partial charge in [-0.1, -0.05) is 41.9 Å². The van der Waals surface area contributed by atoms with Crippen molar-refractivity contribution in [3.8, 4) is 0 Å². The number of halogens is 1. The molecule has 0 aliphatic carbocycles. The van der Waals surface area contributed by atoms with Crippen LogP contribution in [0.1, 0.15) is 29.0 Å². The van der Waals surface area contributed by atoms with Crippen molar-refractivity contribution in [1.29, 1.82) is 0 Å². The maximum absolute atomic E-state index is 11.8. The van der Waals surface area contributed by atoms with Crippen LogP contribution in [0.5, 0.6) is 0 Å². The highest BCUT2D eigenvalue weighted by Crippen LogP contribution is 2.11. The Bertz CT molecular complexity index is 661. The first-order valence-corrected chi connectivity index (χ1v) is 7.07. The van der Waals surface area contributed by atoms with E-state index >= 15 is 0 Å². The van der Waals surface area contributed by atoms with E-state index in [-0.39, 0.29) is 24.2 Å². The summed E-state index contributed by atoms with van der Waals surface area (Å²) in [4.78, 5) is 27.4.